The van der Waals surface area contributed by atoms with Crippen LogP contribution in [0.15, 0.2) is 164 Å². The number of hydrogen-bond donors (Lipinski definition) is 0. The number of nitrogens with zero attached hydrogens (tertiary/aromatic N) is 3. The number of hydrogen-bond acceptors (Lipinski definition) is 1. The second-order valence-corrected chi connectivity index (χ2v) is 11.8. The van der Waals surface area contributed by atoms with Crippen LogP contribution in [-0.4, -0.2) is 9.13 Å². The van der Waals surface area contributed by atoms with Crippen LogP contribution < -0.4 is 4.90 Å². The molecule has 7 aromatic carbocycles. The van der Waals surface area contributed by atoms with Crippen LogP contribution in [0.4, 0.5) is 17.2 Å². The summed E-state index contributed by atoms with van der Waals surface area (Å²) in [5, 5.41) is 6.22. The summed E-state index contributed by atoms with van der Waals surface area (Å²) in [7, 11) is 0. The van der Waals surface area contributed by atoms with E-state index in [1.54, 1.807) is 0 Å². The molecule has 0 N–H and O–H groups in total. The van der Waals surface area contributed by atoms with Crippen LogP contribution in [0.1, 0.15) is 0 Å². The molecule has 2 aromatic heterocycles. The van der Waals surface area contributed by atoms with E-state index in [1.807, 2.05) is 0 Å². The third kappa shape index (κ3) is 3.41. The Hall–Kier alpha value is -6.06. The van der Waals surface area contributed by atoms with Crippen molar-refractivity contribution in [3.05, 3.63) is 164 Å². The van der Waals surface area contributed by atoms with Crippen molar-refractivity contribution < 1.29 is 0 Å². The topological polar surface area (TPSA) is 13.1 Å². The number of aromatic nitrogens is 2. The smallest absolute Gasteiger partial charge is 0.123 e. The number of para-hydroxylation sites is 4. The lowest BCUT2D eigenvalue weighted by atomic mass is 9.95. The van der Waals surface area contributed by atoms with Gasteiger partial charge in [-0.05, 0) is 65.4 Å². The lowest BCUT2D eigenvalue weighted by Crippen LogP contribution is -2.13. The summed E-state index contributed by atoms with van der Waals surface area (Å²) in [5.74, 6) is 1.12. The van der Waals surface area contributed by atoms with Crippen molar-refractivity contribution in [3.8, 4) is 22.5 Å². The summed E-state index contributed by atoms with van der Waals surface area (Å²) < 4.78 is 4.85. The molecule has 3 heterocycles. The van der Waals surface area contributed by atoms with Crippen LogP contribution in [0.2, 0.25) is 0 Å². The van der Waals surface area contributed by atoms with Gasteiger partial charge in [-0.2, -0.15) is 0 Å². The van der Waals surface area contributed by atoms with E-state index >= 15 is 0 Å². The van der Waals surface area contributed by atoms with Crippen LogP contribution in [0.25, 0.3) is 66.0 Å². The number of fused-ring (bicyclic) bond motifs is 12. The molecule has 0 fully saturated rings. The minimum Gasteiger partial charge on any atom is -0.309 e. The van der Waals surface area contributed by atoms with Gasteiger partial charge in [0.2, 0.25) is 0 Å². The van der Waals surface area contributed by atoms with Crippen molar-refractivity contribution in [1.29, 1.82) is 0 Å². The fourth-order valence-electron chi connectivity index (χ4n) is 7.52. The van der Waals surface area contributed by atoms with E-state index in [2.05, 4.69) is 178 Å². The standard InChI is InChI=1S/C42H27N3/c1-2-14-30(15-3-1)43-37-20-10-7-17-33(37)34-24-23-31(27-40(34)43)44-38-21-11-8-18-35(38)42-32-16-6-4-12-28(32)22-25-39(42)45-36-19-9-5-13-29(36)26-41(44)45/h1-27H. The molecule has 0 saturated carbocycles. The van der Waals surface area contributed by atoms with Gasteiger partial charge in [-0.25, -0.2) is 0 Å². The van der Waals surface area contributed by atoms with Crippen LogP contribution in [0.5, 0.6) is 0 Å². The Kier molecular flexibility index (Phi) is 5.00. The fraction of sp³-hybridized carbons (Fsp3) is 0. The van der Waals surface area contributed by atoms with E-state index in [1.165, 1.54) is 66.0 Å². The molecule has 10 rings (SSSR count). The normalized spacial score (nSPS) is 12.4. The van der Waals surface area contributed by atoms with Gasteiger partial charge >= 0.3 is 0 Å². The van der Waals surface area contributed by atoms with Gasteiger partial charge in [0.1, 0.15) is 5.82 Å². The molecule has 210 valence electrons. The summed E-state index contributed by atoms with van der Waals surface area (Å²) >= 11 is 0. The minimum atomic E-state index is 1.12. The molecular weight excluding hydrogens is 546 g/mol. The first-order valence-electron chi connectivity index (χ1n) is 15.5. The molecule has 0 saturated heterocycles. The first-order valence-corrected chi connectivity index (χ1v) is 15.5. The van der Waals surface area contributed by atoms with Crippen molar-refractivity contribution in [2.24, 2.45) is 0 Å². The third-order valence-electron chi connectivity index (χ3n) is 9.41. The van der Waals surface area contributed by atoms with Crippen LogP contribution in [0.3, 0.4) is 0 Å². The molecular formula is C42H27N3. The molecule has 0 atom stereocenters. The van der Waals surface area contributed by atoms with Gasteiger partial charge in [0, 0.05) is 38.7 Å². The van der Waals surface area contributed by atoms with Gasteiger partial charge < -0.3 is 4.57 Å². The lowest BCUT2D eigenvalue weighted by Gasteiger charge is -2.26. The summed E-state index contributed by atoms with van der Waals surface area (Å²) in [6.07, 6.45) is 0. The van der Waals surface area contributed by atoms with Crippen LogP contribution in [-0.2, 0) is 0 Å². The van der Waals surface area contributed by atoms with Crippen molar-refractivity contribution in [2.45, 2.75) is 0 Å². The van der Waals surface area contributed by atoms with E-state index < -0.39 is 0 Å². The van der Waals surface area contributed by atoms with E-state index in [-0.39, 0.29) is 0 Å². The highest BCUT2D eigenvalue weighted by Gasteiger charge is 2.29. The van der Waals surface area contributed by atoms with E-state index in [9.17, 15) is 0 Å². The molecule has 1 aliphatic heterocycles. The largest absolute Gasteiger partial charge is 0.309 e. The predicted octanol–water partition coefficient (Wildman–Crippen LogP) is 11.3. The molecule has 0 amide bonds. The highest BCUT2D eigenvalue weighted by molar-refractivity contribution is 6.12. The first kappa shape index (κ1) is 24.4. The Labute approximate surface area is 260 Å². The van der Waals surface area contributed by atoms with Crippen molar-refractivity contribution in [2.75, 3.05) is 4.90 Å². The summed E-state index contributed by atoms with van der Waals surface area (Å²) in [4.78, 5) is 2.45. The highest BCUT2D eigenvalue weighted by atomic mass is 15.3. The van der Waals surface area contributed by atoms with Gasteiger partial charge in [0.15, 0.2) is 0 Å². The van der Waals surface area contributed by atoms with Crippen molar-refractivity contribution >= 4 is 60.7 Å². The molecule has 0 spiro atoms. The Morgan fingerprint density at radius 3 is 1.93 bits per heavy atom. The average Bonchev–Trinajstić information content (AvgIpc) is 3.60. The molecule has 0 radical (unpaired) electrons. The second kappa shape index (κ2) is 9.22. The maximum atomic E-state index is 2.45. The van der Waals surface area contributed by atoms with Crippen molar-refractivity contribution in [1.82, 2.24) is 9.13 Å². The highest BCUT2D eigenvalue weighted by Crippen LogP contribution is 2.51. The SMILES string of the molecule is c1ccc(-n2c3ccccc3c3ccc(N4c5ccccc5-c5c(ccc6ccccc56)-n5c4cc4ccccc45)cc32)cc1. The summed E-state index contributed by atoms with van der Waals surface area (Å²) in [6, 6.07) is 59.6. The predicted molar refractivity (Wildman–Crippen MR) is 189 cm³/mol. The second-order valence-electron chi connectivity index (χ2n) is 11.8. The third-order valence-corrected chi connectivity index (χ3v) is 9.41. The molecule has 3 heteroatoms. The van der Waals surface area contributed by atoms with Crippen LogP contribution in [0, 0.1) is 0 Å². The molecule has 9 aromatic rings. The van der Waals surface area contributed by atoms with E-state index in [0.717, 1.165) is 17.2 Å². The van der Waals surface area contributed by atoms with Gasteiger partial charge in [-0.15, -0.1) is 0 Å². The zero-order chi connectivity index (χ0) is 29.5. The molecule has 0 aliphatic carbocycles. The van der Waals surface area contributed by atoms with E-state index in [0.29, 0.717) is 0 Å². The average molecular weight is 574 g/mol. The molecule has 45 heavy (non-hydrogen) atoms. The van der Waals surface area contributed by atoms with E-state index in [4.69, 9.17) is 0 Å². The Morgan fingerprint density at radius 1 is 0.356 bits per heavy atom. The van der Waals surface area contributed by atoms with Crippen molar-refractivity contribution in [3.63, 3.8) is 0 Å². The zero-order valence-corrected chi connectivity index (χ0v) is 24.4. The molecule has 3 nitrogen and oxygen atoms in total. The quantitative estimate of drug-likeness (QED) is 0.200. The zero-order valence-electron chi connectivity index (χ0n) is 24.4. The summed E-state index contributed by atoms with van der Waals surface area (Å²) in [6.45, 7) is 0. The molecule has 0 bridgehead atoms. The van der Waals surface area contributed by atoms with Crippen LogP contribution >= 0.6 is 0 Å². The fourth-order valence-corrected chi connectivity index (χ4v) is 7.52. The maximum absolute atomic E-state index is 2.45. The number of benzene rings is 7. The summed E-state index contributed by atoms with van der Waals surface area (Å²) in [5.41, 5.74) is 10.7. The van der Waals surface area contributed by atoms with Gasteiger partial charge in [0.25, 0.3) is 0 Å². The number of rotatable bonds is 2. The lowest BCUT2D eigenvalue weighted by molar-refractivity contribution is 1.09. The first-order chi connectivity index (χ1) is 22.3. The Bertz CT molecular complexity index is 2600. The van der Waals surface area contributed by atoms with Gasteiger partial charge in [-0.3, -0.25) is 9.47 Å². The minimum absolute atomic E-state index is 1.12. The Balaban J connectivity index is 1.34. The van der Waals surface area contributed by atoms with Gasteiger partial charge in [0.05, 0.1) is 27.9 Å². The number of anilines is 3. The van der Waals surface area contributed by atoms with Gasteiger partial charge in [-0.1, -0.05) is 109 Å². The Morgan fingerprint density at radius 2 is 1.04 bits per heavy atom. The molecule has 0 unspecified atom stereocenters. The molecule has 1 aliphatic rings. The monoisotopic (exact) mass is 573 g/mol. The maximum Gasteiger partial charge on any atom is 0.123 e.